The van der Waals surface area contributed by atoms with Crippen molar-refractivity contribution in [2.24, 2.45) is 34.5 Å². The van der Waals surface area contributed by atoms with E-state index in [-0.39, 0.29) is 41.2 Å². The maximum atomic E-state index is 13.3. The Balaban J connectivity index is 0.980. The molecule has 0 bridgehead atoms. The Morgan fingerprint density at radius 1 is 0.839 bits per heavy atom. The molecule has 7 rings (SSSR count). The highest BCUT2D eigenvalue weighted by atomic mass is 16.7. The Morgan fingerprint density at radius 3 is 2.06 bits per heavy atom. The number of carbonyl (C=O) groups excluding carboxylic acids is 2. The van der Waals surface area contributed by atoms with Gasteiger partial charge in [-0.15, -0.1) is 0 Å². The van der Waals surface area contributed by atoms with Gasteiger partial charge < -0.3 is 63.1 Å². The average Bonchev–Trinajstić information content (AvgIpc) is 3.53. The molecule has 0 radical (unpaired) electrons. The van der Waals surface area contributed by atoms with Crippen LogP contribution >= 0.6 is 0 Å². The van der Waals surface area contributed by atoms with E-state index in [1.807, 2.05) is 27.7 Å². The van der Waals surface area contributed by atoms with Crippen LogP contribution < -0.4 is 0 Å². The van der Waals surface area contributed by atoms with Crippen molar-refractivity contribution in [1.29, 1.82) is 0 Å². The van der Waals surface area contributed by atoms with Crippen molar-refractivity contribution in [3.63, 3.8) is 0 Å². The quantitative estimate of drug-likeness (QED) is 0.123. The molecule has 15 nitrogen and oxygen atoms in total. The van der Waals surface area contributed by atoms with E-state index >= 15 is 0 Å². The molecule has 4 N–H and O–H groups in total. The van der Waals surface area contributed by atoms with Gasteiger partial charge in [0.05, 0.1) is 54.9 Å². The number of Topliss-reactive ketones (excluding diaryl/α,β-unsaturated/α-hetero) is 1. The van der Waals surface area contributed by atoms with E-state index < -0.39 is 103 Å². The number of aliphatic hydroxyl groups is 4. The van der Waals surface area contributed by atoms with Crippen LogP contribution in [0.5, 0.6) is 0 Å². The van der Waals surface area contributed by atoms with Gasteiger partial charge in [-0.2, -0.15) is 0 Å². The van der Waals surface area contributed by atoms with E-state index in [2.05, 4.69) is 13.0 Å². The van der Waals surface area contributed by atoms with Crippen molar-refractivity contribution in [2.75, 3.05) is 20.8 Å². The summed E-state index contributed by atoms with van der Waals surface area (Å²) in [6, 6.07) is 0. The third-order valence-electron chi connectivity index (χ3n) is 16.8. The van der Waals surface area contributed by atoms with E-state index in [0.717, 1.165) is 19.3 Å². The lowest BCUT2D eigenvalue weighted by Gasteiger charge is -2.63. The van der Waals surface area contributed by atoms with Gasteiger partial charge in [-0.1, -0.05) is 31.6 Å². The van der Waals surface area contributed by atoms with Crippen molar-refractivity contribution < 1.29 is 72.6 Å². The molecule has 62 heavy (non-hydrogen) atoms. The normalized spacial score (nSPS) is 49.6. The maximum Gasteiger partial charge on any atom is 0.333 e. The number of methoxy groups -OCH3 is 2. The minimum atomic E-state index is -1.25. The molecular weight excluding hydrogens is 805 g/mol. The monoisotopic (exact) mass is 879 g/mol. The predicted molar refractivity (Wildman–Crippen MR) is 223 cm³/mol. The van der Waals surface area contributed by atoms with Crippen LogP contribution in [0.3, 0.4) is 0 Å². The van der Waals surface area contributed by atoms with Gasteiger partial charge in [-0.25, -0.2) is 4.79 Å². The molecular formula is C47H74O15. The highest BCUT2D eigenvalue weighted by Crippen LogP contribution is 2.68. The zero-order chi connectivity index (χ0) is 45.1. The summed E-state index contributed by atoms with van der Waals surface area (Å²) in [5.41, 5.74) is -0.458. The standard InChI is InChI=1S/C47H74O15/c1-11-23(2)43(52)60-36-19-33-32(47(53)17-15-31(24(3)49)46(36,47)8)13-12-28-18-29(14-16-45(28,33)7)59-37-20-34(54-9)41(26(5)56-37)61-38-21-35(55-10)42(27(6)57-38)62-44-40(51)30(22-48)39(50)25(4)58-44/h11-12,25-27,29-42,44,48,50-51,53H,13-22H2,1-10H3/b23-11+/t25?,26?,27?,29-,30?,31-,32-,33+,34?,35?,36-,37?,38?,39?,40?,41?,42?,44?,45+,46+,47+/m1/s1. The van der Waals surface area contributed by atoms with Crippen molar-refractivity contribution in [3.05, 3.63) is 23.3 Å². The first-order chi connectivity index (χ1) is 29.3. The minimum absolute atomic E-state index is 0.0364. The first-order valence-corrected chi connectivity index (χ1v) is 23.1. The summed E-state index contributed by atoms with van der Waals surface area (Å²) in [7, 11) is 3.23. The highest BCUT2D eigenvalue weighted by molar-refractivity contribution is 5.88. The lowest BCUT2D eigenvalue weighted by Crippen LogP contribution is -2.66. The molecule has 15 heteroatoms. The summed E-state index contributed by atoms with van der Waals surface area (Å²) >= 11 is 0. The van der Waals surface area contributed by atoms with Gasteiger partial charge in [0.15, 0.2) is 18.9 Å². The number of hydrogen-bond acceptors (Lipinski definition) is 15. The number of fused-ring (bicyclic) bond motifs is 5. The van der Waals surface area contributed by atoms with E-state index in [1.54, 1.807) is 41.1 Å². The van der Waals surface area contributed by atoms with Crippen LogP contribution in [0.1, 0.15) is 113 Å². The second kappa shape index (κ2) is 18.8. The topological polar surface area (TPSA) is 198 Å². The zero-order valence-corrected chi connectivity index (χ0v) is 38.4. The smallest absolute Gasteiger partial charge is 0.333 e. The Hall–Kier alpha value is -1.86. The first-order valence-electron chi connectivity index (χ1n) is 23.1. The summed E-state index contributed by atoms with van der Waals surface area (Å²) in [5.74, 6) is -1.56. The van der Waals surface area contributed by atoms with E-state index in [0.29, 0.717) is 44.1 Å². The molecule has 0 amide bonds. The van der Waals surface area contributed by atoms with Gasteiger partial charge in [-0.3, -0.25) is 4.79 Å². The van der Waals surface area contributed by atoms with Crippen LogP contribution in [0.25, 0.3) is 0 Å². The third kappa shape index (κ3) is 8.42. The van der Waals surface area contributed by atoms with Crippen molar-refractivity contribution in [2.45, 2.75) is 205 Å². The number of hydrogen-bond donors (Lipinski definition) is 4. The molecule has 21 atom stereocenters. The maximum absolute atomic E-state index is 13.3. The van der Waals surface area contributed by atoms with E-state index in [4.69, 9.17) is 42.6 Å². The molecule has 3 saturated heterocycles. The van der Waals surface area contributed by atoms with Crippen LogP contribution in [0.15, 0.2) is 23.3 Å². The van der Waals surface area contributed by atoms with Crippen LogP contribution in [0.2, 0.25) is 0 Å². The fourth-order valence-electron chi connectivity index (χ4n) is 12.8. The van der Waals surface area contributed by atoms with Crippen LogP contribution in [0, 0.1) is 34.5 Å². The highest BCUT2D eigenvalue weighted by Gasteiger charge is 2.71. The van der Waals surface area contributed by atoms with Crippen molar-refractivity contribution in [1.82, 2.24) is 0 Å². The van der Waals surface area contributed by atoms with Gasteiger partial charge in [0, 0.05) is 49.9 Å². The summed E-state index contributed by atoms with van der Waals surface area (Å²) in [6.45, 7) is 14.5. The molecule has 0 aromatic heterocycles. The zero-order valence-electron chi connectivity index (χ0n) is 38.4. The molecule has 3 saturated carbocycles. The number of aliphatic hydroxyl groups excluding tert-OH is 3. The molecule has 6 fully saturated rings. The minimum Gasteiger partial charge on any atom is -0.458 e. The second-order valence-corrected chi connectivity index (χ2v) is 19.9. The second-order valence-electron chi connectivity index (χ2n) is 19.9. The average molecular weight is 879 g/mol. The predicted octanol–water partition coefficient (Wildman–Crippen LogP) is 4.29. The lowest BCUT2D eigenvalue weighted by molar-refractivity contribution is -0.348. The molecule has 13 unspecified atom stereocenters. The molecule has 0 spiro atoms. The molecule has 7 aliphatic rings. The van der Waals surface area contributed by atoms with E-state index in [9.17, 15) is 30.0 Å². The number of allylic oxidation sites excluding steroid dienone is 2. The van der Waals surface area contributed by atoms with Gasteiger partial charge in [0.25, 0.3) is 0 Å². The summed E-state index contributed by atoms with van der Waals surface area (Å²) < 4.78 is 56.3. The van der Waals surface area contributed by atoms with Gasteiger partial charge in [-0.05, 0) is 104 Å². The fourth-order valence-corrected chi connectivity index (χ4v) is 12.8. The molecule has 0 aromatic carbocycles. The molecule has 3 aliphatic heterocycles. The van der Waals surface area contributed by atoms with Crippen molar-refractivity contribution >= 4 is 11.8 Å². The van der Waals surface area contributed by atoms with Gasteiger partial charge >= 0.3 is 5.97 Å². The van der Waals surface area contributed by atoms with Crippen molar-refractivity contribution in [3.8, 4) is 0 Å². The van der Waals surface area contributed by atoms with Gasteiger partial charge in [0.2, 0.25) is 0 Å². The molecule has 3 heterocycles. The number of ether oxygens (including phenoxy) is 9. The largest absolute Gasteiger partial charge is 0.458 e. The molecule has 0 aromatic rings. The summed E-state index contributed by atoms with van der Waals surface area (Å²) in [6.07, 6.45) is 0.725. The van der Waals surface area contributed by atoms with Crippen LogP contribution in [-0.2, 0) is 52.2 Å². The molecule has 4 aliphatic carbocycles. The lowest BCUT2D eigenvalue weighted by atomic mass is 9.45. The number of carbonyl (C=O) groups is 2. The molecule has 352 valence electrons. The van der Waals surface area contributed by atoms with Gasteiger partial charge in [0.1, 0.15) is 30.2 Å². The van der Waals surface area contributed by atoms with Crippen LogP contribution in [-0.4, -0.2) is 145 Å². The Morgan fingerprint density at radius 2 is 1.47 bits per heavy atom. The summed E-state index contributed by atoms with van der Waals surface area (Å²) in [4.78, 5) is 26.4. The van der Waals surface area contributed by atoms with Crippen LogP contribution in [0.4, 0.5) is 0 Å². The Bertz CT molecular complexity index is 1670. The SMILES string of the molecule is C/C=C(\C)C(=O)O[C@@H]1C[C@H]2[C@@H](CC=C3C[C@H](OC4CC(OC)C(OC5CC(OC)C(OC6OC(C)C(O)C(CO)C6O)C(C)O5)C(C)O4)CC[C@@]32C)[C@@]2(O)CC[C@H](C(C)=O)[C@@]12C. The Labute approximate surface area is 367 Å². The summed E-state index contributed by atoms with van der Waals surface area (Å²) in [5, 5.41) is 43.8. The van der Waals surface area contributed by atoms with E-state index in [1.165, 1.54) is 5.57 Å². The number of esters is 1. The fraction of sp³-hybridized carbons (Fsp3) is 0.872. The number of rotatable bonds is 12. The Kier molecular flexibility index (Phi) is 14.6. The number of ketones is 1. The third-order valence-corrected chi connectivity index (χ3v) is 16.8. The first kappa shape index (κ1) is 48.1.